The van der Waals surface area contributed by atoms with Crippen LogP contribution in [0.4, 0.5) is 0 Å². The summed E-state index contributed by atoms with van der Waals surface area (Å²) in [5, 5.41) is 2.50. The van der Waals surface area contributed by atoms with E-state index in [2.05, 4.69) is 79.4 Å². The molecule has 0 bridgehead atoms. The molecule has 0 atom stereocenters. The van der Waals surface area contributed by atoms with Gasteiger partial charge in [-0.25, -0.2) is 0 Å². The van der Waals surface area contributed by atoms with Crippen LogP contribution in [0.2, 0.25) is 0 Å². The molecule has 0 nitrogen and oxygen atoms in total. The second kappa shape index (κ2) is 6.99. The molecule has 0 aromatic heterocycles. The summed E-state index contributed by atoms with van der Waals surface area (Å²) in [5.74, 6) is 0. The third kappa shape index (κ3) is 3.47. The largest absolute Gasteiger partial charge is 0.221 e. The lowest BCUT2D eigenvalue weighted by molar-refractivity contribution is 1.36. The quantitative estimate of drug-likeness (QED) is 0.479. The molecule has 0 amide bonds. The van der Waals surface area contributed by atoms with Gasteiger partial charge in [-0.2, -0.15) is 11.1 Å². The number of benzene rings is 3. The lowest BCUT2D eigenvalue weighted by Crippen LogP contribution is -2.55. The Balaban J connectivity index is 2.03. The highest BCUT2D eigenvalue weighted by Crippen LogP contribution is 2.18. The molecule has 0 aliphatic rings. The van der Waals surface area contributed by atoms with Crippen LogP contribution in [0.25, 0.3) is 6.08 Å². The van der Waals surface area contributed by atoms with Crippen molar-refractivity contribution in [2.75, 3.05) is 0 Å². The molecule has 0 saturated carbocycles. The topological polar surface area (TPSA) is 0 Å². The Labute approximate surface area is 143 Å². The van der Waals surface area contributed by atoms with E-state index in [4.69, 9.17) is 11.1 Å². The molecule has 0 heterocycles. The van der Waals surface area contributed by atoms with E-state index < -0.39 is 7.38 Å². The zero-order valence-corrected chi connectivity index (χ0v) is 14.7. The minimum absolute atomic E-state index is 0.875. The molecular formula is C21H19ClSi. The van der Waals surface area contributed by atoms with E-state index in [9.17, 15) is 0 Å². The Morgan fingerprint density at radius 1 is 0.739 bits per heavy atom. The van der Waals surface area contributed by atoms with E-state index in [0.717, 1.165) is 11.6 Å². The zero-order chi connectivity index (χ0) is 16.1. The number of hydrogen-bond acceptors (Lipinski definition) is 0. The normalized spacial score (nSPS) is 11.2. The van der Waals surface area contributed by atoms with Crippen LogP contribution < -0.4 is 10.4 Å². The minimum atomic E-state index is -2.32. The van der Waals surface area contributed by atoms with Crippen molar-refractivity contribution in [2.45, 2.75) is 6.04 Å². The Kier molecular flexibility index (Phi) is 4.80. The standard InChI is InChI=1S/C21H19ClSi/c1-2-18-13-15-19(16-14-18)17-23(22,20-9-5-3-6-10-20)21-11-7-4-8-12-21/h2-16H,1,17H2. The lowest BCUT2D eigenvalue weighted by Gasteiger charge is -2.26. The van der Waals surface area contributed by atoms with Crippen molar-refractivity contribution in [1.82, 2.24) is 0 Å². The first-order chi connectivity index (χ1) is 11.2. The average molecular weight is 335 g/mol. The van der Waals surface area contributed by atoms with Crippen molar-refractivity contribution in [3.8, 4) is 0 Å². The summed E-state index contributed by atoms with van der Waals surface area (Å²) >= 11 is 7.32. The predicted molar refractivity (Wildman–Crippen MR) is 104 cm³/mol. The van der Waals surface area contributed by atoms with E-state index in [1.807, 2.05) is 18.2 Å². The Hall–Kier alpha value is -2.09. The SMILES string of the molecule is C=Cc1ccc(C[Si](Cl)(c2ccccc2)c2ccccc2)cc1. The van der Waals surface area contributed by atoms with Gasteiger partial charge in [0, 0.05) is 0 Å². The summed E-state index contributed by atoms with van der Waals surface area (Å²) in [4.78, 5) is 0. The van der Waals surface area contributed by atoms with Crippen LogP contribution >= 0.6 is 11.1 Å². The molecule has 0 N–H and O–H groups in total. The fourth-order valence-corrected chi connectivity index (χ4v) is 7.03. The summed E-state index contributed by atoms with van der Waals surface area (Å²) in [7, 11) is -2.32. The molecule has 3 rings (SSSR count). The molecular weight excluding hydrogens is 316 g/mol. The maximum absolute atomic E-state index is 7.32. The maximum Gasteiger partial charge on any atom is 0.221 e. The van der Waals surface area contributed by atoms with Crippen LogP contribution in [-0.4, -0.2) is 7.38 Å². The van der Waals surface area contributed by atoms with Gasteiger partial charge in [-0.15, -0.1) is 0 Å². The van der Waals surface area contributed by atoms with Crippen molar-refractivity contribution in [1.29, 1.82) is 0 Å². The van der Waals surface area contributed by atoms with Crippen molar-refractivity contribution in [2.24, 2.45) is 0 Å². The molecule has 0 spiro atoms. The first kappa shape index (κ1) is 15.8. The van der Waals surface area contributed by atoms with Gasteiger partial charge in [0.05, 0.1) is 0 Å². The van der Waals surface area contributed by atoms with Gasteiger partial charge in [-0.05, 0) is 27.5 Å². The van der Waals surface area contributed by atoms with Crippen molar-refractivity contribution >= 4 is 34.9 Å². The molecule has 23 heavy (non-hydrogen) atoms. The summed E-state index contributed by atoms with van der Waals surface area (Å²) in [6, 6.07) is 30.4. The second-order valence-electron chi connectivity index (χ2n) is 5.66. The van der Waals surface area contributed by atoms with Gasteiger partial charge in [0.1, 0.15) is 0 Å². The molecule has 0 aliphatic carbocycles. The van der Waals surface area contributed by atoms with Gasteiger partial charge >= 0.3 is 0 Å². The average Bonchev–Trinajstić information content (AvgIpc) is 2.64. The van der Waals surface area contributed by atoms with Gasteiger partial charge in [0.25, 0.3) is 0 Å². The third-order valence-corrected chi connectivity index (χ3v) is 9.23. The molecule has 114 valence electrons. The molecule has 3 aromatic carbocycles. The summed E-state index contributed by atoms with van der Waals surface area (Å²) < 4.78 is 0. The zero-order valence-electron chi connectivity index (χ0n) is 13.0. The molecule has 2 heteroatoms. The van der Waals surface area contributed by atoms with Crippen molar-refractivity contribution in [3.63, 3.8) is 0 Å². The first-order valence-electron chi connectivity index (χ1n) is 7.74. The van der Waals surface area contributed by atoms with Gasteiger partial charge in [-0.1, -0.05) is 97.6 Å². The van der Waals surface area contributed by atoms with Crippen LogP contribution in [0, 0.1) is 0 Å². The molecule has 0 unspecified atom stereocenters. The minimum Gasteiger partial charge on any atom is -0.154 e. The summed E-state index contributed by atoms with van der Waals surface area (Å²) in [5.41, 5.74) is 2.40. The third-order valence-electron chi connectivity index (χ3n) is 4.13. The van der Waals surface area contributed by atoms with Crippen LogP contribution in [0.3, 0.4) is 0 Å². The predicted octanol–water partition coefficient (Wildman–Crippen LogP) is 4.41. The van der Waals surface area contributed by atoms with Gasteiger partial charge < -0.3 is 0 Å². The molecule has 0 saturated heterocycles. The van der Waals surface area contributed by atoms with Crippen LogP contribution in [0.15, 0.2) is 91.5 Å². The smallest absolute Gasteiger partial charge is 0.154 e. The van der Waals surface area contributed by atoms with E-state index in [-0.39, 0.29) is 0 Å². The first-order valence-corrected chi connectivity index (χ1v) is 11.0. The monoisotopic (exact) mass is 334 g/mol. The number of rotatable bonds is 5. The van der Waals surface area contributed by atoms with Crippen LogP contribution in [0.1, 0.15) is 11.1 Å². The fraction of sp³-hybridized carbons (Fsp3) is 0.0476. The molecule has 0 radical (unpaired) electrons. The molecule has 0 fully saturated rings. The number of hydrogen-bond donors (Lipinski definition) is 0. The van der Waals surface area contributed by atoms with E-state index in [0.29, 0.717) is 0 Å². The highest BCUT2D eigenvalue weighted by atomic mass is 35.6. The van der Waals surface area contributed by atoms with E-state index in [1.54, 1.807) is 0 Å². The van der Waals surface area contributed by atoms with E-state index >= 15 is 0 Å². The lowest BCUT2D eigenvalue weighted by atomic mass is 10.1. The second-order valence-corrected chi connectivity index (χ2v) is 10.7. The Bertz CT molecular complexity index is 724. The van der Waals surface area contributed by atoms with Gasteiger partial charge in [0.2, 0.25) is 7.38 Å². The summed E-state index contributed by atoms with van der Waals surface area (Å²) in [6.07, 6.45) is 1.86. The highest BCUT2D eigenvalue weighted by molar-refractivity contribution is 7.33. The maximum atomic E-state index is 7.32. The fourth-order valence-electron chi connectivity index (χ4n) is 2.83. The molecule has 3 aromatic rings. The highest BCUT2D eigenvalue weighted by Gasteiger charge is 2.35. The van der Waals surface area contributed by atoms with E-state index in [1.165, 1.54) is 15.9 Å². The van der Waals surface area contributed by atoms with Crippen molar-refractivity contribution < 1.29 is 0 Å². The van der Waals surface area contributed by atoms with Gasteiger partial charge in [0.15, 0.2) is 0 Å². The summed E-state index contributed by atoms with van der Waals surface area (Å²) in [6.45, 7) is 3.81. The Morgan fingerprint density at radius 2 is 1.22 bits per heavy atom. The van der Waals surface area contributed by atoms with Gasteiger partial charge in [-0.3, -0.25) is 0 Å². The van der Waals surface area contributed by atoms with Crippen molar-refractivity contribution in [3.05, 3.63) is 103 Å². The molecule has 0 aliphatic heterocycles. The van der Waals surface area contributed by atoms with Crippen LogP contribution in [-0.2, 0) is 6.04 Å². The Morgan fingerprint density at radius 3 is 1.65 bits per heavy atom. The van der Waals surface area contributed by atoms with Crippen LogP contribution in [0.5, 0.6) is 0 Å². The number of halogens is 1.